The smallest absolute Gasteiger partial charge is 0.226 e. The summed E-state index contributed by atoms with van der Waals surface area (Å²) in [6.45, 7) is 5.84. The van der Waals surface area contributed by atoms with E-state index in [1.165, 1.54) is 0 Å². The van der Waals surface area contributed by atoms with Gasteiger partial charge in [-0.15, -0.1) is 0 Å². The maximum absolute atomic E-state index is 12.1. The summed E-state index contributed by atoms with van der Waals surface area (Å²) in [5.74, 6) is 0.572. The van der Waals surface area contributed by atoms with Crippen molar-refractivity contribution in [1.29, 1.82) is 0 Å². The number of rotatable bonds is 2. The van der Waals surface area contributed by atoms with Crippen LogP contribution < -0.4 is 5.73 Å². The van der Waals surface area contributed by atoms with E-state index in [2.05, 4.69) is 13.8 Å². The van der Waals surface area contributed by atoms with E-state index in [1.807, 2.05) is 4.90 Å². The molecule has 2 fully saturated rings. The van der Waals surface area contributed by atoms with E-state index in [0.29, 0.717) is 25.6 Å². The van der Waals surface area contributed by atoms with Crippen molar-refractivity contribution < 1.29 is 9.53 Å². The van der Waals surface area contributed by atoms with E-state index in [-0.39, 0.29) is 17.6 Å². The van der Waals surface area contributed by atoms with Gasteiger partial charge in [-0.3, -0.25) is 4.79 Å². The van der Waals surface area contributed by atoms with Crippen LogP contribution in [-0.4, -0.2) is 42.1 Å². The number of morpholine rings is 1. The molecule has 1 saturated carbocycles. The normalized spacial score (nSPS) is 30.3. The fourth-order valence-electron chi connectivity index (χ4n) is 1.98. The molecule has 1 heterocycles. The summed E-state index contributed by atoms with van der Waals surface area (Å²) in [6, 6.07) is 0. The minimum atomic E-state index is -0.175. The van der Waals surface area contributed by atoms with Gasteiger partial charge in [0, 0.05) is 19.0 Å². The third-order valence-corrected chi connectivity index (χ3v) is 3.24. The molecule has 1 aliphatic heterocycles. The molecule has 15 heavy (non-hydrogen) atoms. The second-order valence-corrected chi connectivity index (χ2v) is 5.20. The van der Waals surface area contributed by atoms with E-state index in [9.17, 15) is 4.79 Å². The minimum absolute atomic E-state index is 0.0146. The molecule has 0 bridgehead atoms. The molecular weight excluding hydrogens is 192 g/mol. The molecule has 0 spiro atoms. The average molecular weight is 212 g/mol. The lowest BCUT2D eigenvalue weighted by atomic mass is 10.00. The van der Waals surface area contributed by atoms with Crippen LogP contribution >= 0.6 is 0 Å². The van der Waals surface area contributed by atoms with Crippen molar-refractivity contribution in [3.8, 4) is 0 Å². The molecule has 2 rings (SSSR count). The average Bonchev–Trinajstić information content (AvgIpc) is 3.00. The number of ether oxygens (including phenoxy) is 1. The molecule has 86 valence electrons. The van der Waals surface area contributed by atoms with Gasteiger partial charge >= 0.3 is 0 Å². The first-order chi connectivity index (χ1) is 7.04. The first-order valence-corrected chi connectivity index (χ1v) is 5.68. The number of hydrogen-bond acceptors (Lipinski definition) is 3. The monoisotopic (exact) mass is 212 g/mol. The highest BCUT2D eigenvalue weighted by atomic mass is 16.5. The van der Waals surface area contributed by atoms with Gasteiger partial charge in [0.15, 0.2) is 0 Å². The lowest BCUT2D eigenvalue weighted by Gasteiger charge is -2.45. The zero-order valence-electron chi connectivity index (χ0n) is 9.53. The second kappa shape index (κ2) is 3.76. The maximum Gasteiger partial charge on any atom is 0.226 e. The van der Waals surface area contributed by atoms with Crippen LogP contribution in [0.25, 0.3) is 0 Å². The molecule has 4 heteroatoms. The molecule has 1 unspecified atom stereocenters. The Morgan fingerprint density at radius 1 is 1.53 bits per heavy atom. The van der Waals surface area contributed by atoms with Crippen LogP contribution in [0.1, 0.15) is 26.7 Å². The number of nitrogens with zero attached hydrogens (tertiary/aromatic N) is 1. The molecule has 1 amide bonds. The molecule has 0 aromatic carbocycles. The Labute approximate surface area is 90.8 Å². The molecule has 0 aromatic rings. The molecule has 0 aromatic heterocycles. The highest BCUT2D eigenvalue weighted by Gasteiger charge is 2.42. The lowest BCUT2D eigenvalue weighted by molar-refractivity contribution is -0.154. The molecule has 1 atom stereocenters. The fourth-order valence-corrected chi connectivity index (χ4v) is 1.98. The lowest BCUT2D eigenvalue weighted by Crippen LogP contribution is -2.60. The van der Waals surface area contributed by atoms with Gasteiger partial charge < -0.3 is 15.4 Å². The molecule has 4 nitrogen and oxygen atoms in total. The summed E-state index contributed by atoms with van der Waals surface area (Å²) in [5.41, 5.74) is 5.41. The largest absolute Gasteiger partial charge is 0.373 e. The predicted octanol–water partition coefficient (Wildman–Crippen LogP) is 0.361. The van der Waals surface area contributed by atoms with E-state index in [1.54, 1.807) is 0 Å². The van der Waals surface area contributed by atoms with Gasteiger partial charge in [0.1, 0.15) is 0 Å². The van der Waals surface area contributed by atoms with Gasteiger partial charge in [-0.25, -0.2) is 0 Å². The Morgan fingerprint density at radius 3 is 2.73 bits per heavy atom. The Bertz CT molecular complexity index is 261. The molecule has 1 aliphatic carbocycles. The third kappa shape index (κ3) is 2.16. The third-order valence-electron chi connectivity index (χ3n) is 3.24. The van der Waals surface area contributed by atoms with E-state index < -0.39 is 0 Å². The quantitative estimate of drug-likeness (QED) is 0.719. The Hall–Kier alpha value is -0.610. The van der Waals surface area contributed by atoms with Crippen molar-refractivity contribution in [3.05, 3.63) is 0 Å². The number of amides is 1. The topological polar surface area (TPSA) is 55.6 Å². The number of nitrogens with two attached hydrogens (primary N) is 1. The van der Waals surface area contributed by atoms with Crippen LogP contribution in [0.2, 0.25) is 0 Å². The summed E-state index contributed by atoms with van der Waals surface area (Å²) < 4.78 is 5.60. The molecule has 2 aliphatic rings. The molecule has 1 saturated heterocycles. The highest BCUT2D eigenvalue weighted by Crippen LogP contribution is 2.34. The van der Waals surface area contributed by atoms with Crippen LogP contribution in [0.3, 0.4) is 0 Å². The first-order valence-electron chi connectivity index (χ1n) is 5.68. The van der Waals surface area contributed by atoms with Crippen molar-refractivity contribution in [2.75, 3.05) is 19.7 Å². The van der Waals surface area contributed by atoms with Crippen molar-refractivity contribution in [3.63, 3.8) is 0 Å². The minimum Gasteiger partial charge on any atom is -0.373 e. The van der Waals surface area contributed by atoms with Crippen molar-refractivity contribution in [1.82, 2.24) is 4.90 Å². The van der Waals surface area contributed by atoms with Crippen molar-refractivity contribution in [2.24, 2.45) is 11.7 Å². The Morgan fingerprint density at radius 2 is 2.20 bits per heavy atom. The standard InChI is InChI=1S/C11H20N2O2/c1-11(2)7-15-9(5-12)6-13(11)10(14)8-3-4-8/h8-9H,3-7,12H2,1-2H3. The fraction of sp³-hybridized carbons (Fsp3) is 0.909. The van der Waals surface area contributed by atoms with Gasteiger partial charge in [-0.2, -0.15) is 0 Å². The zero-order valence-corrected chi connectivity index (χ0v) is 9.53. The number of carbonyl (C=O) groups excluding carboxylic acids is 1. The summed E-state index contributed by atoms with van der Waals surface area (Å²) in [4.78, 5) is 14.0. The number of hydrogen-bond donors (Lipinski definition) is 1. The predicted molar refractivity (Wildman–Crippen MR) is 57.3 cm³/mol. The van der Waals surface area contributed by atoms with Crippen LogP contribution in [0.5, 0.6) is 0 Å². The maximum atomic E-state index is 12.1. The van der Waals surface area contributed by atoms with Crippen LogP contribution in [0.15, 0.2) is 0 Å². The van der Waals surface area contributed by atoms with Crippen LogP contribution in [-0.2, 0) is 9.53 Å². The van der Waals surface area contributed by atoms with Crippen LogP contribution in [0, 0.1) is 5.92 Å². The highest BCUT2D eigenvalue weighted by molar-refractivity contribution is 5.81. The Balaban J connectivity index is 2.06. The molecular formula is C11H20N2O2. The van der Waals surface area contributed by atoms with E-state index >= 15 is 0 Å². The molecule has 0 radical (unpaired) electrons. The van der Waals surface area contributed by atoms with Crippen molar-refractivity contribution in [2.45, 2.75) is 38.3 Å². The second-order valence-electron chi connectivity index (χ2n) is 5.20. The zero-order chi connectivity index (χ0) is 11.1. The van der Waals surface area contributed by atoms with E-state index in [4.69, 9.17) is 10.5 Å². The first kappa shape index (κ1) is 10.9. The Kier molecular flexibility index (Phi) is 2.73. The van der Waals surface area contributed by atoms with Gasteiger partial charge in [0.2, 0.25) is 5.91 Å². The van der Waals surface area contributed by atoms with Gasteiger partial charge in [0.05, 0.1) is 18.2 Å². The summed E-state index contributed by atoms with van der Waals surface area (Å²) in [6.07, 6.45) is 2.12. The van der Waals surface area contributed by atoms with Gasteiger partial charge in [-0.05, 0) is 26.7 Å². The van der Waals surface area contributed by atoms with Crippen molar-refractivity contribution >= 4 is 5.91 Å². The summed E-state index contributed by atoms with van der Waals surface area (Å²) in [7, 11) is 0. The number of carbonyl (C=O) groups is 1. The summed E-state index contributed by atoms with van der Waals surface area (Å²) in [5, 5.41) is 0. The SMILES string of the molecule is CC1(C)COC(CN)CN1C(=O)C1CC1. The van der Waals surface area contributed by atoms with Gasteiger partial charge in [-0.1, -0.05) is 0 Å². The van der Waals surface area contributed by atoms with Gasteiger partial charge in [0.25, 0.3) is 0 Å². The van der Waals surface area contributed by atoms with E-state index in [0.717, 1.165) is 12.8 Å². The summed E-state index contributed by atoms with van der Waals surface area (Å²) >= 11 is 0. The van der Waals surface area contributed by atoms with Crippen LogP contribution in [0.4, 0.5) is 0 Å². The molecule has 2 N–H and O–H groups in total.